The maximum absolute atomic E-state index is 15.0. The van der Waals surface area contributed by atoms with Crippen molar-refractivity contribution in [2.45, 2.75) is 31.7 Å². The average molecular weight is 433 g/mol. The predicted molar refractivity (Wildman–Crippen MR) is 105 cm³/mol. The van der Waals surface area contributed by atoms with Gasteiger partial charge < -0.3 is 14.6 Å². The largest absolute Gasteiger partial charge is 0.493 e. The molecular weight excluding hydrogens is 414 g/mol. The molecule has 2 heterocycles. The van der Waals surface area contributed by atoms with Gasteiger partial charge in [-0.05, 0) is 37.0 Å². The fourth-order valence-corrected chi connectivity index (χ4v) is 4.29. The van der Waals surface area contributed by atoms with Gasteiger partial charge in [0, 0.05) is 29.8 Å². The molecule has 31 heavy (non-hydrogen) atoms. The van der Waals surface area contributed by atoms with Crippen molar-refractivity contribution < 1.29 is 27.1 Å². The number of benzene rings is 2. The highest BCUT2D eigenvalue weighted by Gasteiger charge is 2.56. The van der Waals surface area contributed by atoms with E-state index >= 15 is 8.78 Å². The number of hydrogen-bond acceptors (Lipinski definition) is 3. The Morgan fingerprint density at radius 2 is 1.90 bits per heavy atom. The van der Waals surface area contributed by atoms with Crippen LogP contribution in [0.1, 0.15) is 30.9 Å². The first-order valence-electron chi connectivity index (χ1n) is 10.1. The number of fused-ring (bicyclic) bond motifs is 1. The molecule has 162 valence electrons. The van der Waals surface area contributed by atoms with E-state index in [9.17, 15) is 13.6 Å². The Balaban J connectivity index is 1.49. The van der Waals surface area contributed by atoms with Crippen LogP contribution in [0, 0.1) is 23.5 Å². The zero-order valence-corrected chi connectivity index (χ0v) is 16.3. The summed E-state index contributed by atoms with van der Waals surface area (Å²) in [4.78, 5) is 21.5. The van der Waals surface area contributed by atoms with Crippen LogP contribution in [0.5, 0.6) is 5.75 Å². The molecular formula is C22H19F4N3O2. The summed E-state index contributed by atoms with van der Waals surface area (Å²) in [6.07, 6.45) is 0.130. The number of carbonyl (C=O) groups excluding carboxylic acids is 1. The summed E-state index contributed by atoms with van der Waals surface area (Å²) < 4.78 is 59.7. The molecule has 0 spiro atoms. The molecule has 2 fully saturated rings. The number of aromatic nitrogens is 2. The number of nitrogens with zero attached hydrogens (tertiary/aromatic N) is 2. The second-order valence-electron chi connectivity index (χ2n) is 7.95. The number of hydrogen-bond donors (Lipinski definition) is 1. The van der Waals surface area contributed by atoms with Gasteiger partial charge in [-0.2, -0.15) is 0 Å². The summed E-state index contributed by atoms with van der Waals surface area (Å²) in [7, 11) is 0. The Labute approximate surface area is 175 Å². The fourth-order valence-electron chi connectivity index (χ4n) is 4.29. The van der Waals surface area contributed by atoms with Crippen LogP contribution in [0.2, 0.25) is 0 Å². The zero-order valence-electron chi connectivity index (χ0n) is 16.3. The van der Waals surface area contributed by atoms with Gasteiger partial charge >= 0.3 is 0 Å². The van der Waals surface area contributed by atoms with E-state index in [0.29, 0.717) is 11.2 Å². The highest BCUT2D eigenvalue weighted by atomic mass is 19.3. The van der Waals surface area contributed by atoms with E-state index in [4.69, 9.17) is 4.74 Å². The highest BCUT2D eigenvalue weighted by Crippen LogP contribution is 2.55. The minimum atomic E-state index is -2.56. The second-order valence-corrected chi connectivity index (χ2v) is 7.95. The van der Waals surface area contributed by atoms with Crippen LogP contribution < -0.4 is 9.64 Å². The molecule has 1 saturated heterocycles. The first-order valence-corrected chi connectivity index (χ1v) is 10.1. The number of carbonyl (C=O) groups is 1. The molecule has 1 aliphatic carbocycles. The highest BCUT2D eigenvalue weighted by molar-refractivity contribution is 6.04. The second kappa shape index (κ2) is 7.55. The summed E-state index contributed by atoms with van der Waals surface area (Å²) in [5.74, 6) is -2.43. The zero-order chi connectivity index (χ0) is 21.7. The number of alkyl halides is 2. The third kappa shape index (κ3) is 3.51. The average Bonchev–Trinajstić information content (AvgIpc) is 3.41. The van der Waals surface area contributed by atoms with Crippen molar-refractivity contribution in [3.05, 3.63) is 53.9 Å². The third-order valence-corrected chi connectivity index (χ3v) is 5.91. The monoisotopic (exact) mass is 433 g/mol. The van der Waals surface area contributed by atoms with Gasteiger partial charge in [0.1, 0.15) is 17.4 Å². The van der Waals surface area contributed by atoms with Crippen LogP contribution in [-0.4, -0.2) is 28.9 Å². The van der Waals surface area contributed by atoms with Crippen LogP contribution in [0.15, 0.2) is 36.7 Å². The summed E-state index contributed by atoms with van der Waals surface area (Å²) in [5.41, 5.74) is 1.75. The molecule has 5 nitrogen and oxygen atoms in total. The van der Waals surface area contributed by atoms with Crippen molar-refractivity contribution in [3.63, 3.8) is 0 Å². The van der Waals surface area contributed by atoms with Gasteiger partial charge in [-0.15, -0.1) is 0 Å². The minimum Gasteiger partial charge on any atom is -0.493 e. The van der Waals surface area contributed by atoms with Gasteiger partial charge in [0.05, 0.1) is 35.9 Å². The van der Waals surface area contributed by atoms with E-state index in [1.54, 1.807) is 18.2 Å². The maximum atomic E-state index is 15.0. The van der Waals surface area contributed by atoms with Gasteiger partial charge in [-0.25, -0.2) is 22.5 Å². The lowest BCUT2D eigenvalue weighted by atomic mass is 9.78. The molecule has 5 rings (SSSR count). The summed E-state index contributed by atoms with van der Waals surface area (Å²) in [5, 5.41) is 0. The van der Waals surface area contributed by atoms with E-state index < -0.39 is 36.4 Å². The van der Waals surface area contributed by atoms with Crippen molar-refractivity contribution >= 4 is 22.6 Å². The van der Waals surface area contributed by atoms with Crippen molar-refractivity contribution in [1.29, 1.82) is 0 Å². The first-order chi connectivity index (χ1) is 14.9. The number of nitrogens with one attached hydrogen (secondary N) is 1. The van der Waals surface area contributed by atoms with E-state index in [-0.39, 0.29) is 29.7 Å². The molecule has 0 radical (unpaired) electrons. The van der Waals surface area contributed by atoms with Gasteiger partial charge in [0.2, 0.25) is 12.3 Å². The summed E-state index contributed by atoms with van der Waals surface area (Å²) in [6.45, 7) is -0.348. The Kier molecular flexibility index (Phi) is 4.83. The van der Waals surface area contributed by atoms with Gasteiger partial charge in [-0.1, -0.05) is 0 Å². The molecule has 0 bridgehead atoms. The van der Waals surface area contributed by atoms with Crippen LogP contribution in [-0.2, 0) is 4.79 Å². The van der Waals surface area contributed by atoms with Crippen LogP contribution in [0.4, 0.5) is 23.2 Å². The molecule has 2 aromatic carbocycles. The normalized spacial score (nSPS) is 21.1. The lowest BCUT2D eigenvalue weighted by Gasteiger charge is -2.48. The molecule has 1 N–H and O–H groups in total. The molecule has 1 aromatic heterocycles. The van der Waals surface area contributed by atoms with Crippen LogP contribution in [0.25, 0.3) is 11.0 Å². The molecule has 9 heteroatoms. The van der Waals surface area contributed by atoms with Crippen molar-refractivity contribution in [1.82, 2.24) is 9.97 Å². The van der Waals surface area contributed by atoms with Crippen LogP contribution in [0.3, 0.4) is 0 Å². The number of rotatable bonds is 7. The number of anilines is 1. The Bertz CT molecular complexity index is 1120. The van der Waals surface area contributed by atoms with Crippen molar-refractivity contribution in [3.8, 4) is 5.75 Å². The SMILES string of the molecule is O=C1C(C2CC2)[C@H](c2c(F)cc(OCCC(F)F)cc2F)N1c1ccc2nc[nH]c2c1. The number of aromatic amines is 1. The molecule has 1 saturated carbocycles. The van der Waals surface area contributed by atoms with E-state index in [0.717, 1.165) is 30.5 Å². The summed E-state index contributed by atoms with van der Waals surface area (Å²) in [6, 6.07) is 6.38. The lowest BCUT2D eigenvalue weighted by Crippen LogP contribution is -2.56. The smallest absolute Gasteiger partial charge is 0.241 e. The van der Waals surface area contributed by atoms with Gasteiger partial charge in [0.15, 0.2) is 0 Å². The molecule has 1 amide bonds. The van der Waals surface area contributed by atoms with E-state index in [2.05, 4.69) is 9.97 Å². The Morgan fingerprint density at radius 3 is 2.58 bits per heavy atom. The van der Waals surface area contributed by atoms with Crippen LogP contribution >= 0.6 is 0 Å². The minimum absolute atomic E-state index is 0.102. The number of imidazole rings is 1. The van der Waals surface area contributed by atoms with Crippen molar-refractivity contribution in [2.75, 3.05) is 11.5 Å². The third-order valence-electron chi connectivity index (χ3n) is 5.91. The van der Waals surface area contributed by atoms with Gasteiger partial charge in [0.25, 0.3) is 0 Å². The fraction of sp³-hybridized carbons (Fsp3) is 0.364. The van der Waals surface area contributed by atoms with Crippen molar-refractivity contribution in [2.24, 2.45) is 11.8 Å². The number of H-pyrrole nitrogens is 1. The number of amides is 1. The molecule has 1 unspecified atom stereocenters. The number of halogens is 4. The molecule has 2 atom stereocenters. The quantitative estimate of drug-likeness (QED) is 0.422. The molecule has 3 aromatic rings. The molecule has 1 aliphatic heterocycles. The topological polar surface area (TPSA) is 58.2 Å². The van der Waals surface area contributed by atoms with Gasteiger partial charge in [-0.3, -0.25) is 4.79 Å². The lowest BCUT2D eigenvalue weighted by molar-refractivity contribution is -0.131. The Morgan fingerprint density at radius 1 is 1.16 bits per heavy atom. The number of ether oxygens (including phenoxy) is 1. The predicted octanol–water partition coefficient (Wildman–Crippen LogP) is 4.99. The Hall–Kier alpha value is -3.10. The van der Waals surface area contributed by atoms with E-state index in [1.807, 2.05) is 0 Å². The summed E-state index contributed by atoms with van der Waals surface area (Å²) >= 11 is 0. The maximum Gasteiger partial charge on any atom is 0.241 e. The molecule has 2 aliphatic rings. The van der Waals surface area contributed by atoms with E-state index in [1.165, 1.54) is 11.2 Å². The number of β-lactam (4-membered cyclic amide) rings is 1. The standard InChI is InChI=1S/C22H19F4N3O2/c23-14-8-13(31-6-5-18(25)26)9-15(24)20(14)21-19(11-1-2-11)22(30)29(21)12-3-4-16-17(7-12)28-10-27-16/h3-4,7-11,18-19,21H,1-2,5-6H2,(H,27,28)/t19?,21-/m1/s1. The first kappa shape index (κ1) is 19.8.